The average molecular weight is 298 g/mol. The molecule has 0 amide bonds. The zero-order valence-corrected chi connectivity index (χ0v) is 12.3. The van der Waals surface area contributed by atoms with E-state index in [2.05, 4.69) is 41.9 Å². The number of benzene rings is 1. The number of halogens is 1. The van der Waals surface area contributed by atoms with Crippen LogP contribution in [0.4, 0.5) is 0 Å². The highest BCUT2D eigenvalue weighted by atomic mass is 79.9. The van der Waals surface area contributed by atoms with Crippen molar-refractivity contribution in [2.24, 2.45) is 5.73 Å². The molecule has 3 heteroatoms. The second kappa shape index (κ2) is 4.62. The van der Waals surface area contributed by atoms with Crippen molar-refractivity contribution in [3.63, 3.8) is 0 Å². The topological polar surface area (TPSA) is 35.2 Å². The maximum Gasteiger partial charge on any atom is 0.123 e. The Balaban J connectivity index is 2.49. The van der Waals surface area contributed by atoms with Gasteiger partial charge in [-0.05, 0) is 36.5 Å². The summed E-state index contributed by atoms with van der Waals surface area (Å²) >= 11 is 3.67. The lowest BCUT2D eigenvalue weighted by atomic mass is 9.92. The molecule has 2 rings (SSSR count). The van der Waals surface area contributed by atoms with Gasteiger partial charge in [0.1, 0.15) is 5.75 Å². The molecule has 1 aliphatic carbocycles. The Morgan fingerprint density at radius 1 is 1.41 bits per heavy atom. The second-order valence-electron chi connectivity index (χ2n) is 5.21. The van der Waals surface area contributed by atoms with Crippen molar-refractivity contribution in [2.45, 2.75) is 38.0 Å². The van der Waals surface area contributed by atoms with E-state index in [-0.39, 0.29) is 5.41 Å². The van der Waals surface area contributed by atoms with E-state index >= 15 is 0 Å². The fourth-order valence-electron chi connectivity index (χ4n) is 2.39. The van der Waals surface area contributed by atoms with Crippen LogP contribution in [0.2, 0.25) is 0 Å². The molecule has 0 heterocycles. The van der Waals surface area contributed by atoms with Crippen LogP contribution in [0.15, 0.2) is 16.6 Å². The zero-order chi connectivity index (χ0) is 12.6. The summed E-state index contributed by atoms with van der Waals surface area (Å²) in [6, 6.07) is 4.39. The zero-order valence-electron chi connectivity index (χ0n) is 10.7. The summed E-state index contributed by atoms with van der Waals surface area (Å²) in [5.41, 5.74) is 8.65. The lowest BCUT2D eigenvalue weighted by molar-refractivity contribution is 0.406. The molecule has 17 heavy (non-hydrogen) atoms. The van der Waals surface area contributed by atoms with Gasteiger partial charge in [-0.1, -0.05) is 29.8 Å². The monoisotopic (exact) mass is 297 g/mol. The quantitative estimate of drug-likeness (QED) is 0.922. The summed E-state index contributed by atoms with van der Waals surface area (Å²) in [5, 5.41) is 0. The Morgan fingerprint density at radius 3 is 2.47 bits per heavy atom. The predicted molar refractivity (Wildman–Crippen MR) is 74.7 cm³/mol. The van der Waals surface area contributed by atoms with E-state index in [0.717, 1.165) is 16.8 Å². The van der Waals surface area contributed by atoms with Crippen molar-refractivity contribution >= 4 is 15.9 Å². The van der Waals surface area contributed by atoms with E-state index in [4.69, 9.17) is 10.5 Å². The summed E-state index contributed by atoms with van der Waals surface area (Å²) in [6.45, 7) is 5.08. The molecule has 1 aromatic rings. The molecule has 1 fully saturated rings. The van der Waals surface area contributed by atoms with Gasteiger partial charge in [0.15, 0.2) is 0 Å². The van der Waals surface area contributed by atoms with Gasteiger partial charge in [-0.15, -0.1) is 0 Å². The number of hydrogen-bond donors (Lipinski definition) is 1. The molecule has 1 aromatic carbocycles. The van der Waals surface area contributed by atoms with Crippen molar-refractivity contribution in [2.75, 3.05) is 13.7 Å². The lowest BCUT2D eigenvalue weighted by Gasteiger charge is -2.19. The highest BCUT2D eigenvalue weighted by Gasteiger charge is 2.43. The summed E-state index contributed by atoms with van der Waals surface area (Å²) in [7, 11) is 1.74. The minimum atomic E-state index is 0.214. The number of ether oxygens (including phenoxy) is 1. The highest BCUT2D eigenvalue weighted by Crippen LogP contribution is 2.50. The molecule has 0 aliphatic heterocycles. The highest BCUT2D eigenvalue weighted by molar-refractivity contribution is 9.10. The van der Waals surface area contributed by atoms with Crippen LogP contribution >= 0.6 is 15.9 Å². The third kappa shape index (κ3) is 2.23. The van der Waals surface area contributed by atoms with Gasteiger partial charge in [-0.3, -0.25) is 0 Å². The molecule has 1 saturated carbocycles. The first-order valence-corrected chi connectivity index (χ1v) is 6.91. The van der Waals surface area contributed by atoms with Gasteiger partial charge in [-0.25, -0.2) is 0 Å². The number of hydrogen-bond acceptors (Lipinski definition) is 2. The van der Waals surface area contributed by atoms with Crippen LogP contribution in [0.1, 0.15) is 43.7 Å². The largest absolute Gasteiger partial charge is 0.496 e. The number of nitrogens with two attached hydrogens (primary N) is 1. The Morgan fingerprint density at radius 2 is 2.06 bits per heavy atom. The summed E-state index contributed by atoms with van der Waals surface area (Å²) in [6.07, 6.45) is 2.39. The summed E-state index contributed by atoms with van der Waals surface area (Å²) < 4.78 is 6.67. The Hall–Kier alpha value is -0.540. The molecule has 0 saturated heterocycles. The van der Waals surface area contributed by atoms with E-state index in [1.165, 1.54) is 24.0 Å². The second-order valence-corrected chi connectivity index (χ2v) is 6.07. The maximum atomic E-state index is 5.88. The molecule has 94 valence electrons. The Labute approximate surface area is 112 Å². The van der Waals surface area contributed by atoms with Crippen molar-refractivity contribution in [1.82, 2.24) is 0 Å². The maximum absolute atomic E-state index is 5.88. The minimum absolute atomic E-state index is 0.214. The minimum Gasteiger partial charge on any atom is -0.496 e. The smallest absolute Gasteiger partial charge is 0.123 e. The summed E-state index contributed by atoms with van der Waals surface area (Å²) in [4.78, 5) is 0. The number of rotatable bonds is 4. The molecule has 2 N–H and O–H groups in total. The van der Waals surface area contributed by atoms with Crippen molar-refractivity contribution < 1.29 is 4.74 Å². The Bertz CT molecular complexity index is 424. The van der Waals surface area contributed by atoms with Gasteiger partial charge >= 0.3 is 0 Å². The van der Waals surface area contributed by atoms with Crippen molar-refractivity contribution in [3.05, 3.63) is 27.7 Å². The lowest BCUT2D eigenvalue weighted by Crippen LogP contribution is -2.20. The van der Waals surface area contributed by atoms with Crippen LogP contribution in [0.3, 0.4) is 0 Å². The standard InChI is InChI=1S/C14H20BrNO/c1-9(2)13-11(15)6-10(7-12(13)17-3)14(8-16)4-5-14/h6-7,9H,4-5,8,16H2,1-3H3. The molecule has 0 aromatic heterocycles. The number of methoxy groups -OCH3 is 1. The molecule has 0 radical (unpaired) electrons. The fraction of sp³-hybridized carbons (Fsp3) is 0.571. The van der Waals surface area contributed by atoms with Gasteiger partial charge in [-0.2, -0.15) is 0 Å². The first kappa shape index (κ1) is 12.9. The van der Waals surface area contributed by atoms with E-state index in [1.807, 2.05) is 0 Å². The van der Waals surface area contributed by atoms with Crippen LogP contribution in [-0.4, -0.2) is 13.7 Å². The van der Waals surface area contributed by atoms with E-state index < -0.39 is 0 Å². The first-order chi connectivity index (χ1) is 8.04. The van der Waals surface area contributed by atoms with Crippen LogP contribution in [-0.2, 0) is 5.41 Å². The summed E-state index contributed by atoms with van der Waals surface area (Å²) in [5.74, 6) is 1.42. The third-order valence-corrected chi connectivity index (χ3v) is 4.40. The van der Waals surface area contributed by atoms with Gasteiger partial charge in [0.25, 0.3) is 0 Å². The van der Waals surface area contributed by atoms with Crippen molar-refractivity contribution in [1.29, 1.82) is 0 Å². The molecular weight excluding hydrogens is 278 g/mol. The predicted octanol–water partition coefficient (Wildman–Crippen LogP) is 3.57. The van der Waals surface area contributed by atoms with E-state index in [1.54, 1.807) is 7.11 Å². The normalized spacial score (nSPS) is 17.3. The van der Waals surface area contributed by atoms with Gasteiger partial charge < -0.3 is 10.5 Å². The molecule has 0 bridgehead atoms. The molecule has 0 unspecified atom stereocenters. The molecule has 0 atom stereocenters. The molecule has 0 spiro atoms. The van der Waals surface area contributed by atoms with Crippen LogP contribution in [0.25, 0.3) is 0 Å². The molecular formula is C14H20BrNO. The van der Waals surface area contributed by atoms with Crippen molar-refractivity contribution in [3.8, 4) is 5.75 Å². The Kier molecular flexibility index (Phi) is 3.50. The SMILES string of the molecule is COc1cc(C2(CN)CC2)cc(Br)c1C(C)C. The average Bonchev–Trinajstić information content (AvgIpc) is 3.08. The van der Waals surface area contributed by atoms with Crippen LogP contribution in [0.5, 0.6) is 5.75 Å². The molecule has 1 aliphatic rings. The van der Waals surface area contributed by atoms with E-state index in [9.17, 15) is 0 Å². The van der Waals surface area contributed by atoms with E-state index in [0.29, 0.717) is 5.92 Å². The van der Waals surface area contributed by atoms with Crippen LogP contribution < -0.4 is 10.5 Å². The van der Waals surface area contributed by atoms with Gasteiger partial charge in [0.2, 0.25) is 0 Å². The third-order valence-electron chi connectivity index (χ3n) is 3.75. The molecule has 2 nitrogen and oxygen atoms in total. The van der Waals surface area contributed by atoms with Crippen LogP contribution in [0, 0.1) is 0 Å². The van der Waals surface area contributed by atoms with Gasteiger partial charge in [0, 0.05) is 22.0 Å². The van der Waals surface area contributed by atoms with Gasteiger partial charge in [0.05, 0.1) is 7.11 Å². The first-order valence-electron chi connectivity index (χ1n) is 6.12. The fourth-order valence-corrected chi connectivity index (χ4v) is 3.29.